The maximum Gasteiger partial charge on any atom is 0.317 e. The lowest BCUT2D eigenvalue weighted by molar-refractivity contribution is -0.146. The number of hydrogen-bond donors (Lipinski definition) is 0. The molecule has 0 atom stereocenters. The fourth-order valence-electron chi connectivity index (χ4n) is 1.67. The number of halogens is 1. The van der Waals surface area contributed by atoms with Gasteiger partial charge in [-0.3, -0.25) is 9.48 Å². The molecule has 0 aromatic carbocycles. The van der Waals surface area contributed by atoms with Crippen molar-refractivity contribution in [3.05, 3.63) is 16.9 Å². The summed E-state index contributed by atoms with van der Waals surface area (Å²) < 4.78 is 6.54. The van der Waals surface area contributed by atoms with Crippen molar-refractivity contribution < 1.29 is 9.53 Å². The van der Waals surface area contributed by atoms with Gasteiger partial charge in [-0.1, -0.05) is 11.6 Å². The van der Waals surface area contributed by atoms with Gasteiger partial charge in [0, 0.05) is 6.04 Å². The van der Waals surface area contributed by atoms with Crippen LogP contribution in [0.25, 0.3) is 0 Å². The van der Waals surface area contributed by atoms with E-state index >= 15 is 0 Å². The Morgan fingerprint density at radius 3 is 2.56 bits per heavy atom. The fourth-order valence-corrected chi connectivity index (χ4v) is 2.04. The highest BCUT2D eigenvalue weighted by Gasteiger charge is 2.37. The third kappa shape index (κ3) is 2.07. The molecular weight excluding hydrogens is 228 g/mol. The molecule has 4 nitrogen and oxygen atoms in total. The van der Waals surface area contributed by atoms with Crippen molar-refractivity contribution in [3.8, 4) is 0 Å². The average Bonchev–Trinajstić information content (AvgIpc) is 2.59. The molecule has 1 aromatic rings. The lowest BCUT2D eigenvalue weighted by Gasteiger charge is -2.24. The van der Waals surface area contributed by atoms with Gasteiger partial charge in [-0.05, 0) is 27.7 Å². The zero-order valence-corrected chi connectivity index (χ0v) is 11.0. The van der Waals surface area contributed by atoms with Crippen molar-refractivity contribution >= 4 is 17.6 Å². The Hall–Kier alpha value is -1.03. The molecule has 0 N–H and O–H groups in total. The number of rotatable bonds is 3. The molecule has 16 heavy (non-hydrogen) atoms. The monoisotopic (exact) mass is 244 g/mol. The molecule has 1 rings (SSSR count). The zero-order chi connectivity index (χ0) is 12.5. The first-order chi connectivity index (χ1) is 7.32. The van der Waals surface area contributed by atoms with Gasteiger partial charge in [-0.15, -0.1) is 0 Å². The summed E-state index contributed by atoms with van der Waals surface area (Å²) in [7, 11) is 1.37. The van der Waals surface area contributed by atoms with E-state index in [9.17, 15) is 4.79 Å². The molecule has 0 aliphatic carbocycles. The Balaban J connectivity index is 3.31. The van der Waals surface area contributed by atoms with Gasteiger partial charge in [-0.2, -0.15) is 5.10 Å². The number of hydrogen-bond acceptors (Lipinski definition) is 3. The summed E-state index contributed by atoms with van der Waals surface area (Å²) in [5.41, 5.74) is -0.108. The van der Waals surface area contributed by atoms with Crippen LogP contribution in [0, 0.1) is 0 Å². The van der Waals surface area contributed by atoms with Crippen LogP contribution in [0.4, 0.5) is 0 Å². The van der Waals surface area contributed by atoms with Crippen molar-refractivity contribution in [2.75, 3.05) is 7.11 Å². The second kappa shape index (κ2) is 4.45. The topological polar surface area (TPSA) is 44.1 Å². The minimum atomic E-state index is -0.799. The molecule has 0 aliphatic rings. The summed E-state index contributed by atoms with van der Waals surface area (Å²) in [6, 6.07) is 0.145. The van der Waals surface area contributed by atoms with E-state index in [2.05, 4.69) is 5.10 Å². The summed E-state index contributed by atoms with van der Waals surface area (Å²) in [5.74, 6) is -0.322. The predicted molar refractivity (Wildman–Crippen MR) is 62.7 cm³/mol. The van der Waals surface area contributed by atoms with Gasteiger partial charge in [0.2, 0.25) is 0 Å². The summed E-state index contributed by atoms with van der Waals surface area (Å²) in [6.45, 7) is 7.53. The number of ether oxygens (including phenoxy) is 1. The van der Waals surface area contributed by atoms with E-state index in [1.54, 1.807) is 24.7 Å². The van der Waals surface area contributed by atoms with Crippen LogP contribution in [0.15, 0.2) is 6.20 Å². The van der Waals surface area contributed by atoms with Crippen LogP contribution < -0.4 is 0 Å². The number of esters is 1. The summed E-state index contributed by atoms with van der Waals surface area (Å²) in [4.78, 5) is 11.7. The smallest absolute Gasteiger partial charge is 0.317 e. The van der Waals surface area contributed by atoms with E-state index in [-0.39, 0.29) is 12.0 Å². The molecular formula is C11H17ClN2O2. The van der Waals surface area contributed by atoms with Crippen LogP contribution in [0.2, 0.25) is 5.02 Å². The zero-order valence-electron chi connectivity index (χ0n) is 10.2. The second-order valence-electron chi connectivity index (χ2n) is 4.50. The van der Waals surface area contributed by atoms with Crippen LogP contribution in [0.3, 0.4) is 0 Å². The molecule has 0 fully saturated rings. The minimum Gasteiger partial charge on any atom is -0.468 e. The molecule has 1 heterocycles. The highest BCUT2D eigenvalue weighted by molar-refractivity contribution is 6.31. The fraction of sp³-hybridized carbons (Fsp3) is 0.636. The van der Waals surface area contributed by atoms with Gasteiger partial charge in [0.25, 0.3) is 0 Å². The van der Waals surface area contributed by atoms with Crippen LogP contribution in [-0.2, 0) is 14.9 Å². The minimum absolute atomic E-state index is 0.145. The molecule has 0 saturated carbocycles. The van der Waals surface area contributed by atoms with E-state index in [0.29, 0.717) is 10.7 Å². The molecule has 1 aromatic heterocycles. The van der Waals surface area contributed by atoms with Crippen molar-refractivity contribution in [2.24, 2.45) is 0 Å². The molecule has 0 saturated heterocycles. The molecule has 0 unspecified atom stereocenters. The second-order valence-corrected chi connectivity index (χ2v) is 4.90. The largest absolute Gasteiger partial charge is 0.468 e. The first kappa shape index (κ1) is 13.0. The van der Waals surface area contributed by atoms with E-state index in [1.807, 2.05) is 13.8 Å². The van der Waals surface area contributed by atoms with Crippen molar-refractivity contribution in [2.45, 2.75) is 39.2 Å². The Morgan fingerprint density at radius 1 is 1.56 bits per heavy atom. The summed E-state index contributed by atoms with van der Waals surface area (Å²) in [5, 5.41) is 4.67. The third-order valence-electron chi connectivity index (χ3n) is 2.53. The molecule has 0 amide bonds. The van der Waals surface area contributed by atoms with Gasteiger partial charge < -0.3 is 4.74 Å². The number of carbonyl (C=O) groups is 1. The van der Waals surface area contributed by atoms with Crippen molar-refractivity contribution in [1.29, 1.82) is 0 Å². The average molecular weight is 245 g/mol. The highest BCUT2D eigenvalue weighted by atomic mass is 35.5. The van der Waals surface area contributed by atoms with Gasteiger partial charge in [-0.25, -0.2) is 0 Å². The Kier molecular flexibility index (Phi) is 3.63. The lowest BCUT2D eigenvalue weighted by atomic mass is 9.89. The first-order valence-electron chi connectivity index (χ1n) is 5.14. The molecule has 0 aliphatic heterocycles. The van der Waals surface area contributed by atoms with Gasteiger partial charge in [0.15, 0.2) is 0 Å². The van der Waals surface area contributed by atoms with E-state index in [4.69, 9.17) is 16.3 Å². The van der Waals surface area contributed by atoms with Crippen molar-refractivity contribution in [1.82, 2.24) is 9.78 Å². The lowest BCUT2D eigenvalue weighted by Crippen LogP contribution is -2.33. The van der Waals surface area contributed by atoms with E-state index in [1.165, 1.54) is 7.11 Å². The molecule has 0 radical (unpaired) electrons. The normalized spacial score (nSPS) is 11.9. The number of aromatic nitrogens is 2. The number of nitrogens with zero attached hydrogens (tertiary/aromatic N) is 2. The van der Waals surface area contributed by atoms with Gasteiger partial charge >= 0.3 is 5.97 Å². The quantitative estimate of drug-likeness (QED) is 0.768. The van der Waals surface area contributed by atoms with Crippen LogP contribution >= 0.6 is 11.6 Å². The van der Waals surface area contributed by atoms with Crippen LogP contribution in [0.5, 0.6) is 0 Å². The van der Waals surface area contributed by atoms with Gasteiger partial charge in [0.05, 0.1) is 24.0 Å². The summed E-state index contributed by atoms with van der Waals surface area (Å²) in [6.07, 6.45) is 1.56. The number of carbonyl (C=O) groups excluding carboxylic acids is 1. The van der Waals surface area contributed by atoms with Crippen LogP contribution in [0.1, 0.15) is 39.4 Å². The predicted octanol–water partition coefficient (Wildman–Crippen LogP) is 2.57. The Bertz CT molecular complexity index is 397. The molecule has 0 bridgehead atoms. The van der Waals surface area contributed by atoms with Crippen molar-refractivity contribution in [3.63, 3.8) is 0 Å². The third-order valence-corrected chi connectivity index (χ3v) is 2.80. The molecule has 5 heteroatoms. The number of methoxy groups -OCH3 is 1. The van der Waals surface area contributed by atoms with E-state index < -0.39 is 5.41 Å². The summed E-state index contributed by atoms with van der Waals surface area (Å²) >= 11 is 6.08. The SMILES string of the molecule is COC(=O)C(C)(C)c1c(Cl)cnn1C(C)C. The first-order valence-corrected chi connectivity index (χ1v) is 5.52. The Labute approximate surface area is 101 Å². The standard InChI is InChI=1S/C11H17ClN2O2/c1-7(2)14-9(8(12)6-13-14)11(3,4)10(15)16-5/h6-7H,1-5H3. The highest BCUT2D eigenvalue weighted by Crippen LogP contribution is 2.32. The van der Waals surface area contributed by atoms with Crippen LogP contribution in [-0.4, -0.2) is 22.9 Å². The maximum atomic E-state index is 11.7. The maximum absolute atomic E-state index is 11.7. The molecule has 90 valence electrons. The van der Waals surface area contributed by atoms with Gasteiger partial charge in [0.1, 0.15) is 5.41 Å². The molecule has 0 spiro atoms. The Morgan fingerprint density at radius 2 is 2.12 bits per heavy atom. The van der Waals surface area contributed by atoms with E-state index in [0.717, 1.165) is 0 Å².